The number of carbonyl (C=O) groups excluding carboxylic acids is 2. The second kappa shape index (κ2) is 10.6. The fraction of sp³-hybridized carbons (Fsp3) is 0.529. The van der Waals surface area contributed by atoms with Crippen LogP contribution in [0.4, 0.5) is 5.69 Å². The minimum absolute atomic E-state index is 0.0469. The van der Waals surface area contributed by atoms with Gasteiger partial charge in [0.15, 0.2) is 0 Å². The van der Waals surface area contributed by atoms with Crippen LogP contribution in [0.1, 0.15) is 68.6 Å². The van der Waals surface area contributed by atoms with E-state index in [-0.39, 0.29) is 10.6 Å². The quantitative estimate of drug-likeness (QED) is 0.509. The molecule has 1 rings (SSSR count). The number of carbonyl (C=O) groups is 2. The van der Waals surface area contributed by atoms with Gasteiger partial charge in [0.2, 0.25) is 0 Å². The summed E-state index contributed by atoms with van der Waals surface area (Å²) in [5.41, 5.74) is 1.35. The summed E-state index contributed by atoms with van der Waals surface area (Å²) < 4.78 is -0.0871. The maximum atomic E-state index is 11.8. The van der Waals surface area contributed by atoms with Gasteiger partial charge in [0.25, 0.3) is 0 Å². The van der Waals surface area contributed by atoms with Crippen molar-refractivity contribution in [2.75, 3.05) is 5.32 Å². The molecule has 1 N–H and O–H groups in total. The number of benzene rings is 1. The number of amides is 1. The van der Waals surface area contributed by atoms with Crippen molar-refractivity contribution < 1.29 is 9.59 Å². The molecule has 0 saturated carbocycles. The van der Waals surface area contributed by atoms with E-state index in [1.54, 1.807) is 24.3 Å². The van der Waals surface area contributed by atoms with Crippen molar-refractivity contribution in [1.29, 1.82) is 0 Å². The van der Waals surface area contributed by atoms with Crippen LogP contribution in [-0.4, -0.2) is 26.6 Å². The number of anilines is 1. The van der Waals surface area contributed by atoms with Gasteiger partial charge in [-0.1, -0.05) is 26.2 Å². The first-order valence-electron chi connectivity index (χ1n) is 7.74. The number of nitrogens with one attached hydrogen (secondary N) is 1. The van der Waals surface area contributed by atoms with E-state index in [0.717, 1.165) is 18.5 Å². The van der Waals surface area contributed by atoms with Crippen molar-refractivity contribution in [2.45, 2.75) is 58.3 Å². The number of unbranched alkanes of at least 4 members (excludes halogenated alkanes) is 6. The van der Waals surface area contributed by atoms with Gasteiger partial charge in [0.05, 0.1) is 0 Å². The fourth-order valence-corrected chi connectivity index (χ4v) is 2.44. The molecule has 1 aromatic carbocycles. The van der Waals surface area contributed by atoms with Crippen molar-refractivity contribution in [1.82, 2.24) is 0 Å². The zero-order chi connectivity index (χ0) is 15.5. The molecule has 0 aromatic heterocycles. The molecule has 0 bridgehead atoms. The average molecular weight is 353 g/mol. The van der Waals surface area contributed by atoms with Gasteiger partial charge in [0.1, 0.15) is 0 Å². The normalized spacial score (nSPS) is 10.3. The predicted octanol–water partition coefficient (Wildman–Crippen LogP) is 4.07. The van der Waals surface area contributed by atoms with Crippen LogP contribution in [0.5, 0.6) is 0 Å². The number of rotatable bonds is 10. The molecule has 115 valence electrons. The Kier molecular flexibility index (Phi) is 9.04. The zero-order valence-electron chi connectivity index (χ0n) is 12.7. The Labute approximate surface area is 135 Å². The Hall–Kier alpha value is -1.12. The Balaban J connectivity index is 2.17. The van der Waals surface area contributed by atoms with E-state index in [4.69, 9.17) is 0 Å². The summed E-state index contributed by atoms with van der Waals surface area (Å²) in [5.74, 6) is 0.0469. The van der Waals surface area contributed by atoms with Crippen LogP contribution in [0.2, 0.25) is 0 Å². The summed E-state index contributed by atoms with van der Waals surface area (Å²) in [6.07, 6.45) is 9.01. The summed E-state index contributed by atoms with van der Waals surface area (Å²) in [4.78, 5) is 22.9. The minimum atomic E-state index is -0.0871. The molecule has 1 radical (unpaired) electrons. The van der Waals surface area contributed by atoms with E-state index in [1.165, 1.54) is 32.1 Å². The molecule has 0 unspecified atom stereocenters. The fourth-order valence-electron chi connectivity index (χ4n) is 2.16. The Morgan fingerprint density at radius 1 is 0.952 bits per heavy atom. The van der Waals surface area contributed by atoms with E-state index in [9.17, 15) is 9.59 Å². The third kappa shape index (κ3) is 8.03. The second-order valence-corrected chi connectivity index (χ2v) is 6.06. The average Bonchev–Trinajstić information content (AvgIpc) is 2.47. The Morgan fingerprint density at radius 2 is 1.52 bits per heavy atom. The van der Waals surface area contributed by atoms with Crippen LogP contribution < -0.4 is 5.32 Å². The molecule has 0 aliphatic carbocycles. The summed E-state index contributed by atoms with van der Waals surface area (Å²) in [5, 5.41) is 2.86. The molecule has 3 nitrogen and oxygen atoms in total. The molecule has 21 heavy (non-hydrogen) atoms. The van der Waals surface area contributed by atoms with E-state index in [1.807, 2.05) is 0 Å². The first-order chi connectivity index (χ1) is 10.1. The zero-order valence-corrected chi connectivity index (χ0v) is 14.4. The van der Waals surface area contributed by atoms with E-state index < -0.39 is 0 Å². The SMILES string of the molecule is CCCCCCCCCC(=O)Nc1ccc(C(=O)[Se])cc1. The van der Waals surface area contributed by atoms with E-state index >= 15 is 0 Å². The van der Waals surface area contributed by atoms with Gasteiger partial charge >= 0.3 is 109 Å². The van der Waals surface area contributed by atoms with Gasteiger partial charge < -0.3 is 0 Å². The van der Waals surface area contributed by atoms with Crippen molar-refractivity contribution in [3.63, 3.8) is 0 Å². The van der Waals surface area contributed by atoms with Crippen LogP contribution in [0.15, 0.2) is 24.3 Å². The van der Waals surface area contributed by atoms with Crippen molar-refractivity contribution in [2.24, 2.45) is 0 Å². The van der Waals surface area contributed by atoms with Crippen molar-refractivity contribution in [3.05, 3.63) is 29.8 Å². The van der Waals surface area contributed by atoms with Crippen molar-refractivity contribution >= 4 is 32.3 Å². The standard InChI is InChI=1S/C17H24NO2Se/c1-2-3-4-5-6-7-8-9-16(19)18-15-12-10-14(11-13-15)17(20)21/h10-13H,2-9H2,1H3,(H,18,19). The van der Waals surface area contributed by atoms with E-state index in [2.05, 4.69) is 28.3 Å². The van der Waals surface area contributed by atoms with Gasteiger partial charge in [0, 0.05) is 0 Å². The first kappa shape index (κ1) is 17.9. The molecule has 4 heteroatoms. The molecule has 1 amide bonds. The van der Waals surface area contributed by atoms with Crippen LogP contribution in [0.25, 0.3) is 0 Å². The maximum absolute atomic E-state index is 11.8. The monoisotopic (exact) mass is 354 g/mol. The third-order valence-electron chi connectivity index (χ3n) is 3.41. The molecule has 0 aliphatic rings. The third-order valence-corrected chi connectivity index (χ3v) is 3.91. The predicted molar refractivity (Wildman–Crippen MR) is 87.8 cm³/mol. The summed E-state index contributed by atoms with van der Waals surface area (Å²) in [6, 6.07) is 6.94. The van der Waals surface area contributed by atoms with Crippen LogP contribution in [0.3, 0.4) is 0 Å². The van der Waals surface area contributed by atoms with Crippen LogP contribution >= 0.6 is 0 Å². The molecule has 0 saturated heterocycles. The van der Waals surface area contributed by atoms with Crippen LogP contribution in [0, 0.1) is 0 Å². The second-order valence-electron chi connectivity index (χ2n) is 5.28. The number of hydrogen-bond donors (Lipinski definition) is 1. The summed E-state index contributed by atoms with van der Waals surface area (Å²) in [7, 11) is 0. The molecule has 1 aromatic rings. The Morgan fingerprint density at radius 3 is 2.10 bits per heavy atom. The number of hydrogen-bond acceptors (Lipinski definition) is 2. The van der Waals surface area contributed by atoms with Gasteiger partial charge in [-0.15, -0.1) is 0 Å². The van der Waals surface area contributed by atoms with Gasteiger partial charge in [-0.2, -0.15) is 0 Å². The van der Waals surface area contributed by atoms with Gasteiger partial charge in [-0.05, 0) is 0 Å². The topological polar surface area (TPSA) is 46.2 Å². The summed E-state index contributed by atoms with van der Waals surface area (Å²) >= 11 is 2.44. The molecular formula is C17H24NO2Se. The molecule has 0 fully saturated rings. The molecule has 0 spiro atoms. The molecule has 0 aliphatic heterocycles. The van der Waals surface area contributed by atoms with Crippen LogP contribution in [-0.2, 0) is 4.79 Å². The molecule has 0 atom stereocenters. The summed E-state index contributed by atoms with van der Waals surface area (Å²) in [6.45, 7) is 2.21. The van der Waals surface area contributed by atoms with Gasteiger partial charge in [-0.25, -0.2) is 0 Å². The van der Waals surface area contributed by atoms with Crippen molar-refractivity contribution in [3.8, 4) is 0 Å². The molecule has 0 heterocycles. The Bertz CT molecular complexity index is 443. The van der Waals surface area contributed by atoms with E-state index in [0.29, 0.717) is 12.0 Å². The van der Waals surface area contributed by atoms with Gasteiger partial charge in [-0.3, -0.25) is 0 Å². The molecular weight excluding hydrogens is 329 g/mol. The first-order valence-corrected chi connectivity index (χ1v) is 8.60.